The van der Waals surface area contributed by atoms with Crippen molar-refractivity contribution in [3.63, 3.8) is 0 Å². The molecular formula is C17H20BrN3O3. The zero-order chi connectivity index (χ0) is 16.9. The van der Waals surface area contributed by atoms with Crippen molar-refractivity contribution in [2.75, 3.05) is 20.3 Å². The molecule has 1 fully saturated rings. The van der Waals surface area contributed by atoms with E-state index >= 15 is 0 Å². The summed E-state index contributed by atoms with van der Waals surface area (Å²) in [7, 11) is 1.71. The van der Waals surface area contributed by atoms with Crippen molar-refractivity contribution >= 4 is 21.8 Å². The summed E-state index contributed by atoms with van der Waals surface area (Å²) in [5, 5.41) is 9.88. The maximum atomic E-state index is 12.3. The van der Waals surface area contributed by atoms with Gasteiger partial charge in [0, 0.05) is 36.7 Å². The highest BCUT2D eigenvalue weighted by Crippen LogP contribution is 2.20. The lowest BCUT2D eigenvalue weighted by Gasteiger charge is -2.28. The molecule has 0 saturated carbocycles. The van der Waals surface area contributed by atoms with Crippen LogP contribution in [0.5, 0.6) is 0 Å². The first-order valence-electron chi connectivity index (χ1n) is 7.89. The minimum absolute atomic E-state index is 0.0125. The molecule has 2 heterocycles. The van der Waals surface area contributed by atoms with Crippen molar-refractivity contribution < 1.29 is 14.3 Å². The molecule has 1 aliphatic heterocycles. The van der Waals surface area contributed by atoms with Crippen LogP contribution in [0.15, 0.2) is 34.8 Å². The van der Waals surface area contributed by atoms with Crippen LogP contribution in [0.1, 0.15) is 23.3 Å². The highest BCUT2D eigenvalue weighted by molar-refractivity contribution is 9.10. The molecule has 0 unspecified atom stereocenters. The Labute approximate surface area is 149 Å². The van der Waals surface area contributed by atoms with E-state index in [0.717, 1.165) is 28.6 Å². The Morgan fingerprint density at radius 1 is 1.46 bits per heavy atom. The summed E-state index contributed by atoms with van der Waals surface area (Å²) in [6.07, 6.45) is 1.89. The molecule has 6 nitrogen and oxygen atoms in total. The van der Waals surface area contributed by atoms with E-state index in [2.05, 4.69) is 31.4 Å². The first kappa shape index (κ1) is 17.1. The van der Waals surface area contributed by atoms with Crippen LogP contribution in [-0.4, -0.2) is 48.6 Å². The molecule has 3 rings (SSSR count). The van der Waals surface area contributed by atoms with Crippen molar-refractivity contribution in [2.24, 2.45) is 0 Å². The van der Waals surface area contributed by atoms with Gasteiger partial charge in [-0.15, -0.1) is 0 Å². The molecule has 0 radical (unpaired) electrons. The van der Waals surface area contributed by atoms with Gasteiger partial charge in [-0.1, -0.05) is 28.1 Å². The van der Waals surface area contributed by atoms with E-state index in [0.29, 0.717) is 18.8 Å². The van der Waals surface area contributed by atoms with Gasteiger partial charge in [0.2, 0.25) is 0 Å². The lowest BCUT2D eigenvalue weighted by atomic mass is 10.1. The fourth-order valence-corrected chi connectivity index (χ4v) is 2.97. The number of carbonyl (C=O) groups is 1. The Morgan fingerprint density at radius 3 is 3.00 bits per heavy atom. The maximum absolute atomic E-state index is 12.3. The maximum Gasteiger partial charge on any atom is 0.269 e. The minimum atomic E-state index is -0.186. The molecule has 0 aliphatic carbocycles. The normalized spacial score (nSPS) is 20.8. The number of H-pyrrole nitrogens is 1. The standard InChI is InChI=1S/C17H20BrN3O3/c1-23-13-6-7-24-14(8-13)10-19-17(22)16-9-15(20-21-16)11-2-4-12(18)5-3-11/h2-5,9,13-14H,6-8,10H2,1H3,(H,19,22)(H,20,21)/t13-,14+/m1/s1. The molecule has 2 atom stereocenters. The molecule has 2 N–H and O–H groups in total. The van der Waals surface area contributed by atoms with E-state index in [1.54, 1.807) is 13.2 Å². The lowest BCUT2D eigenvalue weighted by Crippen LogP contribution is -2.39. The number of nitrogens with zero attached hydrogens (tertiary/aromatic N) is 1. The number of hydrogen-bond donors (Lipinski definition) is 2. The average Bonchev–Trinajstić information content (AvgIpc) is 3.10. The van der Waals surface area contributed by atoms with Gasteiger partial charge in [0.25, 0.3) is 5.91 Å². The topological polar surface area (TPSA) is 76.2 Å². The van der Waals surface area contributed by atoms with Crippen LogP contribution < -0.4 is 5.32 Å². The molecule has 24 heavy (non-hydrogen) atoms. The number of benzene rings is 1. The predicted molar refractivity (Wildman–Crippen MR) is 93.8 cm³/mol. The number of amides is 1. The van der Waals surface area contributed by atoms with Gasteiger partial charge < -0.3 is 14.8 Å². The summed E-state index contributed by atoms with van der Waals surface area (Å²) in [6.45, 7) is 1.13. The van der Waals surface area contributed by atoms with Gasteiger partial charge in [-0.3, -0.25) is 9.89 Å². The molecule has 7 heteroatoms. The van der Waals surface area contributed by atoms with Gasteiger partial charge in [0.05, 0.1) is 17.9 Å². The van der Waals surface area contributed by atoms with Crippen molar-refractivity contribution in [1.82, 2.24) is 15.5 Å². The summed E-state index contributed by atoms with van der Waals surface area (Å²) in [5.41, 5.74) is 2.13. The molecule has 1 aromatic heterocycles. The Hall–Kier alpha value is -1.70. The fraction of sp³-hybridized carbons (Fsp3) is 0.412. The van der Waals surface area contributed by atoms with Crippen LogP contribution in [0.3, 0.4) is 0 Å². The van der Waals surface area contributed by atoms with Crippen molar-refractivity contribution in [3.05, 3.63) is 40.5 Å². The summed E-state index contributed by atoms with van der Waals surface area (Å²) in [6, 6.07) is 9.52. The van der Waals surface area contributed by atoms with Crippen molar-refractivity contribution in [3.8, 4) is 11.3 Å². The highest BCUT2D eigenvalue weighted by atomic mass is 79.9. The minimum Gasteiger partial charge on any atom is -0.381 e. The van der Waals surface area contributed by atoms with Gasteiger partial charge >= 0.3 is 0 Å². The summed E-state index contributed by atoms with van der Waals surface area (Å²) >= 11 is 3.40. The second-order valence-electron chi connectivity index (χ2n) is 5.76. The van der Waals surface area contributed by atoms with E-state index < -0.39 is 0 Å². The largest absolute Gasteiger partial charge is 0.381 e. The van der Waals surface area contributed by atoms with E-state index in [-0.39, 0.29) is 18.1 Å². The van der Waals surface area contributed by atoms with Crippen LogP contribution >= 0.6 is 15.9 Å². The Kier molecular flexibility index (Phi) is 5.65. The number of hydrogen-bond acceptors (Lipinski definition) is 4. The van der Waals surface area contributed by atoms with Gasteiger partial charge in [-0.2, -0.15) is 5.10 Å². The fourth-order valence-electron chi connectivity index (χ4n) is 2.71. The van der Waals surface area contributed by atoms with E-state index in [1.165, 1.54) is 0 Å². The third-order valence-electron chi connectivity index (χ3n) is 4.11. The number of aromatic amines is 1. The quantitative estimate of drug-likeness (QED) is 0.818. The number of methoxy groups -OCH3 is 1. The van der Waals surface area contributed by atoms with E-state index in [9.17, 15) is 4.79 Å². The van der Waals surface area contributed by atoms with E-state index in [4.69, 9.17) is 9.47 Å². The second-order valence-corrected chi connectivity index (χ2v) is 6.67. The first-order valence-corrected chi connectivity index (χ1v) is 8.69. The van der Waals surface area contributed by atoms with Crippen molar-refractivity contribution in [1.29, 1.82) is 0 Å². The number of carbonyl (C=O) groups excluding carboxylic acids is 1. The Morgan fingerprint density at radius 2 is 2.25 bits per heavy atom. The second kappa shape index (κ2) is 7.92. The molecule has 0 bridgehead atoms. The highest BCUT2D eigenvalue weighted by Gasteiger charge is 2.23. The molecule has 128 valence electrons. The number of ether oxygens (including phenoxy) is 2. The number of halogens is 1. The number of rotatable bonds is 5. The van der Waals surface area contributed by atoms with Crippen LogP contribution in [0.25, 0.3) is 11.3 Å². The Bertz CT molecular complexity index is 687. The first-order chi connectivity index (χ1) is 11.7. The average molecular weight is 394 g/mol. The molecule has 2 aromatic rings. The SMILES string of the molecule is CO[C@@H]1CCO[C@H](CNC(=O)c2cc(-c3ccc(Br)cc3)n[nH]2)C1. The van der Waals surface area contributed by atoms with Crippen LogP contribution in [0.4, 0.5) is 0 Å². The van der Waals surface area contributed by atoms with Gasteiger partial charge in [0.15, 0.2) is 0 Å². The number of aromatic nitrogens is 2. The lowest BCUT2D eigenvalue weighted by molar-refractivity contribution is -0.0563. The Balaban J connectivity index is 1.57. The van der Waals surface area contributed by atoms with Crippen LogP contribution in [0, 0.1) is 0 Å². The van der Waals surface area contributed by atoms with Gasteiger partial charge in [-0.25, -0.2) is 0 Å². The van der Waals surface area contributed by atoms with Crippen LogP contribution in [-0.2, 0) is 9.47 Å². The van der Waals surface area contributed by atoms with Crippen molar-refractivity contribution in [2.45, 2.75) is 25.0 Å². The molecule has 1 aliphatic rings. The zero-order valence-electron chi connectivity index (χ0n) is 13.4. The summed E-state index contributed by atoms with van der Waals surface area (Å²) in [4.78, 5) is 12.3. The monoisotopic (exact) mass is 393 g/mol. The van der Waals surface area contributed by atoms with E-state index in [1.807, 2.05) is 24.3 Å². The molecule has 1 saturated heterocycles. The van der Waals surface area contributed by atoms with Gasteiger partial charge in [-0.05, 0) is 24.6 Å². The molecule has 0 spiro atoms. The molecular weight excluding hydrogens is 374 g/mol. The van der Waals surface area contributed by atoms with Crippen LogP contribution in [0.2, 0.25) is 0 Å². The predicted octanol–water partition coefficient (Wildman–Crippen LogP) is 2.76. The number of nitrogens with one attached hydrogen (secondary N) is 2. The molecule has 1 aromatic carbocycles. The smallest absolute Gasteiger partial charge is 0.269 e. The third kappa shape index (κ3) is 4.23. The summed E-state index contributed by atoms with van der Waals surface area (Å²) in [5.74, 6) is -0.186. The summed E-state index contributed by atoms with van der Waals surface area (Å²) < 4.78 is 12.0. The molecule has 1 amide bonds. The zero-order valence-corrected chi connectivity index (χ0v) is 15.0. The third-order valence-corrected chi connectivity index (χ3v) is 4.63. The van der Waals surface area contributed by atoms with Gasteiger partial charge in [0.1, 0.15) is 5.69 Å².